The minimum atomic E-state index is -0.436. The third-order valence-corrected chi connectivity index (χ3v) is 3.08. The lowest BCUT2D eigenvalue weighted by molar-refractivity contribution is -0.125. The maximum atomic E-state index is 11.8. The minimum Gasteiger partial charge on any atom is -0.478 e. The Morgan fingerprint density at radius 1 is 1.41 bits per heavy atom. The molecule has 17 heavy (non-hydrogen) atoms. The molecule has 0 saturated heterocycles. The second-order valence-corrected chi connectivity index (χ2v) is 4.77. The van der Waals surface area contributed by atoms with Crippen LogP contribution in [0.3, 0.4) is 0 Å². The molecule has 0 radical (unpaired) electrons. The monoisotopic (exact) mass is 234 g/mol. The first-order chi connectivity index (χ1) is 7.91. The molecule has 1 atom stereocenters. The zero-order chi connectivity index (χ0) is 12.7. The Labute approximate surface area is 101 Å². The second-order valence-electron chi connectivity index (χ2n) is 4.77. The lowest BCUT2D eigenvalue weighted by atomic mass is 9.99. The van der Waals surface area contributed by atoms with Gasteiger partial charge in [-0.1, -0.05) is 13.8 Å². The Morgan fingerprint density at radius 2 is 2.06 bits per heavy atom. The molecule has 0 aromatic heterocycles. The largest absolute Gasteiger partial charge is 0.478 e. The Hall–Kier alpha value is -1.71. The molecule has 4 heteroatoms. The van der Waals surface area contributed by atoms with Crippen molar-refractivity contribution in [2.75, 3.05) is 17.7 Å². The number of rotatable bonds is 1. The van der Waals surface area contributed by atoms with Crippen LogP contribution in [-0.2, 0) is 4.79 Å². The predicted octanol–water partition coefficient (Wildman–Crippen LogP) is 2.14. The van der Waals surface area contributed by atoms with E-state index in [1.54, 1.807) is 24.9 Å². The van der Waals surface area contributed by atoms with Crippen LogP contribution in [0, 0.1) is 0 Å². The highest BCUT2D eigenvalue weighted by Gasteiger charge is 2.31. The van der Waals surface area contributed by atoms with Gasteiger partial charge in [-0.2, -0.15) is 0 Å². The molecule has 1 amide bonds. The molecule has 1 unspecified atom stereocenters. The molecule has 0 spiro atoms. The summed E-state index contributed by atoms with van der Waals surface area (Å²) < 4.78 is 5.72. The van der Waals surface area contributed by atoms with Crippen molar-refractivity contribution in [1.82, 2.24) is 0 Å². The summed E-state index contributed by atoms with van der Waals surface area (Å²) in [5, 5.41) is 0. The topological polar surface area (TPSA) is 55.6 Å². The van der Waals surface area contributed by atoms with Crippen LogP contribution < -0.4 is 15.4 Å². The fourth-order valence-corrected chi connectivity index (χ4v) is 2.08. The standard InChI is InChI=1S/C13H18N2O2/c1-7(2)10-5-9(14)6-11-12(10)17-8(3)13(16)15(11)4/h5-8H,14H2,1-4H3. The first-order valence-electron chi connectivity index (χ1n) is 5.79. The molecule has 2 rings (SSSR count). The van der Waals surface area contributed by atoms with Gasteiger partial charge in [0.15, 0.2) is 6.10 Å². The molecule has 1 aliphatic heterocycles. The number of hydrogen-bond acceptors (Lipinski definition) is 3. The zero-order valence-corrected chi connectivity index (χ0v) is 10.7. The van der Waals surface area contributed by atoms with E-state index >= 15 is 0 Å². The van der Waals surface area contributed by atoms with E-state index in [9.17, 15) is 4.79 Å². The van der Waals surface area contributed by atoms with Gasteiger partial charge in [-0.15, -0.1) is 0 Å². The van der Waals surface area contributed by atoms with Crippen molar-refractivity contribution < 1.29 is 9.53 Å². The van der Waals surface area contributed by atoms with Crippen molar-refractivity contribution in [2.45, 2.75) is 32.8 Å². The van der Waals surface area contributed by atoms with Crippen LogP contribution in [0.15, 0.2) is 12.1 Å². The van der Waals surface area contributed by atoms with Crippen molar-refractivity contribution in [3.8, 4) is 5.75 Å². The number of anilines is 2. The molecule has 1 aliphatic rings. The van der Waals surface area contributed by atoms with Gasteiger partial charge in [-0.25, -0.2) is 0 Å². The van der Waals surface area contributed by atoms with Gasteiger partial charge < -0.3 is 15.4 Å². The molecule has 0 fully saturated rings. The summed E-state index contributed by atoms with van der Waals surface area (Å²) in [7, 11) is 1.75. The molecule has 0 saturated carbocycles. The Morgan fingerprint density at radius 3 is 2.65 bits per heavy atom. The van der Waals surface area contributed by atoms with Crippen LogP contribution in [0.5, 0.6) is 5.75 Å². The van der Waals surface area contributed by atoms with Crippen LogP contribution in [-0.4, -0.2) is 19.1 Å². The van der Waals surface area contributed by atoms with Gasteiger partial charge in [0.1, 0.15) is 5.75 Å². The molecule has 92 valence electrons. The molecular formula is C13H18N2O2. The van der Waals surface area contributed by atoms with Gasteiger partial charge in [0.2, 0.25) is 0 Å². The average Bonchev–Trinajstić information content (AvgIpc) is 2.26. The highest BCUT2D eigenvalue weighted by Crippen LogP contribution is 2.41. The summed E-state index contributed by atoms with van der Waals surface area (Å²) in [6.45, 7) is 5.93. The van der Waals surface area contributed by atoms with Gasteiger partial charge in [-0.3, -0.25) is 4.79 Å². The molecule has 1 aromatic rings. The van der Waals surface area contributed by atoms with E-state index in [0.29, 0.717) is 11.6 Å². The third-order valence-electron chi connectivity index (χ3n) is 3.08. The first kappa shape index (κ1) is 11.8. The summed E-state index contributed by atoms with van der Waals surface area (Å²) in [4.78, 5) is 13.5. The predicted molar refractivity (Wildman–Crippen MR) is 68.4 cm³/mol. The molecule has 0 aliphatic carbocycles. The molecule has 1 aromatic carbocycles. The maximum Gasteiger partial charge on any atom is 0.267 e. The van der Waals surface area contributed by atoms with E-state index in [-0.39, 0.29) is 5.91 Å². The molecule has 0 bridgehead atoms. The Kier molecular flexibility index (Phi) is 2.73. The van der Waals surface area contributed by atoms with Crippen LogP contribution in [0.1, 0.15) is 32.3 Å². The highest BCUT2D eigenvalue weighted by atomic mass is 16.5. The number of carbonyl (C=O) groups is 1. The van der Waals surface area contributed by atoms with Crippen molar-refractivity contribution in [3.05, 3.63) is 17.7 Å². The summed E-state index contributed by atoms with van der Waals surface area (Å²) in [6, 6.07) is 3.70. The number of nitrogens with two attached hydrogens (primary N) is 1. The number of ether oxygens (including phenoxy) is 1. The number of fused-ring (bicyclic) bond motifs is 1. The van der Waals surface area contributed by atoms with Gasteiger partial charge in [-0.05, 0) is 25.0 Å². The van der Waals surface area contributed by atoms with Gasteiger partial charge >= 0.3 is 0 Å². The van der Waals surface area contributed by atoms with E-state index < -0.39 is 6.10 Å². The number of likely N-dealkylation sites (N-methyl/N-ethyl adjacent to an activating group) is 1. The van der Waals surface area contributed by atoms with Crippen molar-refractivity contribution in [3.63, 3.8) is 0 Å². The highest BCUT2D eigenvalue weighted by molar-refractivity contribution is 6.00. The third kappa shape index (κ3) is 1.84. The van der Waals surface area contributed by atoms with Crippen molar-refractivity contribution in [1.29, 1.82) is 0 Å². The summed E-state index contributed by atoms with van der Waals surface area (Å²) in [5.41, 5.74) is 8.34. The van der Waals surface area contributed by atoms with E-state index in [4.69, 9.17) is 10.5 Å². The number of nitrogens with zero attached hydrogens (tertiary/aromatic N) is 1. The van der Waals surface area contributed by atoms with Crippen LogP contribution in [0.25, 0.3) is 0 Å². The number of benzene rings is 1. The molecule has 2 N–H and O–H groups in total. The summed E-state index contributed by atoms with van der Waals surface area (Å²) >= 11 is 0. The van der Waals surface area contributed by atoms with Crippen LogP contribution in [0.2, 0.25) is 0 Å². The lowest BCUT2D eigenvalue weighted by Gasteiger charge is -2.32. The smallest absolute Gasteiger partial charge is 0.267 e. The SMILES string of the molecule is CC1Oc2c(C(C)C)cc(N)cc2N(C)C1=O. The zero-order valence-electron chi connectivity index (χ0n) is 10.7. The Bertz CT molecular complexity index is 469. The normalized spacial score (nSPS) is 19.2. The van der Waals surface area contributed by atoms with E-state index in [1.807, 2.05) is 6.07 Å². The summed E-state index contributed by atoms with van der Waals surface area (Å²) in [6.07, 6.45) is -0.436. The van der Waals surface area contributed by atoms with E-state index in [0.717, 1.165) is 17.0 Å². The minimum absolute atomic E-state index is 0.0437. The van der Waals surface area contributed by atoms with Gasteiger partial charge in [0.05, 0.1) is 5.69 Å². The lowest BCUT2D eigenvalue weighted by Crippen LogP contribution is -2.42. The quantitative estimate of drug-likeness (QED) is 0.757. The first-order valence-corrected chi connectivity index (χ1v) is 5.79. The fraction of sp³-hybridized carbons (Fsp3) is 0.462. The number of hydrogen-bond donors (Lipinski definition) is 1. The van der Waals surface area contributed by atoms with Crippen LogP contribution in [0.4, 0.5) is 11.4 Å². The maximum absolute atomic E-state index is 11.8. The fourth-order valence-electron chi connectivity index (χ4n) is 2.08. The number of carbonyl (C=O) groups excluding carboxylic acids is 1. The average molecular weight is 234 g/mol. The summed E-state index contributed by atoms with van der Waals surface area (Å²) in [5.74, 6) is 1.04. The second kappa shape index (κ2) is 3.95. The van der Waals surface area contributed by atoms with E-state index in [1.165, 1.54) is 0 Å². The number of amides is 1. The van der Waals surface area contributed by atoms with Crippen molar-refractivity contribution in [2.24, 2.45) is 0 Å². The number of nitrogen functional groups attached to an aromatic ring is 1. The van der Waals surface area contributed by atoms with Gasteiger partial charge in [0, 0.05) is 18.3 Å². The van der Waals surface area contributed by atoms with Crippen molar-refractivity contribution >= 4 is 17.3 Å². The van der Waals surface area contributed by atoms with Crippen LogP contribution >= 0.6 is 0 Å². The molecule has 4 nitrogen and oxygen atoms in total. The van der Waals surface area contributed by atoms with Gasteiger partial charge in [0.25, 0.3) is 5.91 Å². The molecule has 1 heterocycles. The van der Waals surface area contributed by atoms with E-state index in [2.05, 4.69) is 13.8 Å². The molecular weight excluding hydrogens is 216 g/mol. The Balaban J connectivity index is 2.62.